The Bertz CT molecular complexity index is 650. The number of rotatable bonds is 6. The number of sulfonamides is 1. The Kier molecular flexibility index (Phi) is 6.37. The fourth-order valence-electron chi connectivity index (χ4n) is 2.77. The number of nitrogens with zero attached hydrogens (tertiary/aromatic N) is 2. The maximum atomic E-state index is 12.3. The quantitative estimate of drug-likeness (QED) is 0.827. The van der Waals surface area contributed by atoms with Crippen LogP contribution in [0.3, 0.4) is 0 Å². The van der Waals surface area contributed by atoms with Gasteiger partial charge in [-0.2, -0.15) is 4.31 Å². The summed E-state index contributed by atoms with van der Waals surface area (Å²) in [5.41, 5.74) is 1.99. The molecule has 0 unspecified atom stereocenters. The van der Waals surface area contributed by atoms with E-state index in [1.807, 2.05) is 31.2 Å². The van der Waals surface area contributed by atoms with Crippen LogP contribution in [-0.4, -0.2) is 62.5 Å². The summed E-state index contributed by atoms with van der Waals surface area (Å²) in [6.45, 7) is 3.94. The van der Waals surface area contributed by atoms with Crippen LogP contribution in [-0.2, 0) is 21.4 Å². The third kappa shape index (κ3) is 5.89. The highest BCUT2D eigenvalue weighted by Gasteiger charge is 2.23. The van der Waals surface area contributed by atoms with E-state index in [0.717, 1.165) is 43.3 Å². The van der Waals surface area contributed by atoms with Gasteiger partial charge in [0.25, 0.3) is 0 Å². The maximum Gasteiger partial charge on any atom is 0.235 e. The largest absolute Gasteiger partial charge is 0.352 e. The number of piperidine rings is 1. The SMILES string of the molecule is Cc1ccc(CN(CC(=O)NC2CCN(C)CC2)S(C)(=O)=O)cc1. The smallest absolute Gasteiger partial charge is 0.235 e. The minimum Gasteiger partial charge on any atom is -0.352 e. The first kappa shape index (κ1) is 18.9. The lowest BCUT2D eigenvalue weighted by Gasteiger charge is -2.30. The van der Waals surface area contributed by atoms with Crippen molar-refractivity contribution in [3.05, 3.63) is 35.4 Å². The molecular formula is C17H27N3O3S. The summed E-state index contributed by atoms with van der Waals surface area (Å²) in [5.74, 6) is -0.234. The number of benzene rings is 1. The summed E-state index contributed by atoms with van der Waals surface area (Å²) in [5, 5.41) is 2.97. The number of amides is 1. The van der Waals surface area contributed by atoms with E-state index >= 15 is 0 Å². The highest BCUT2D eigenvalue weighted by atomic mass is 32.2. The monoisotopic (exact) mass is 353 g/mol. The van der Waals surface area contributed by atoms with Gasteiger partial charge >= 0.3 is 0 Å². The van der Waals surface area contributed by atoms with Gasteiger partial charge in [-0.3, -0.25) is 4.79 Å². The average molecular weight is 353 g/mol. The van der Waals surface area contributed by atoms with E-state index in [1.165, 1.54) is 4.31 Å². The van der Waals surface area contributed by atoms with E-state index in [4.69, 9.17) is 0 Å². The maximum absolute atomic E-state index is 12.3. The van der Waals surface area contributed by atoms with Crippen LogP contribution in [0.15, 0.2) is 24.3 Å². The van der Waals surface area contributed by atoms with E-state index in [-0.39, 0.29) is 25.0 Å². The zero-order valence-electron chi connectivity index (χ0n) is 14.7. The van der Waals surface area contributed by atoms with Crippen LogP contribution in [0.5, 0.6) is 0 Å². The predicted molar refractivity (Wildman–Crippen MR) is 95.1 cm³/mol. The molecule has 6 nitrogen and oxygen atoms in total. The minimum absolute atomic E-state index is 0.134. The van der Waals surface area contributed by atoms with Crippen LogP contribution in [0.4, 0.5) is 0 Å². The molecule has 1 N–H and O–H groups in total. The second kappa shape index (κ2) is 8.09. The Morgan fingerprint density at radius 3 is 2.38 bits per heavy atom. The molecule has 0 aromatic heterocycles. The summed E-state index contributed by atoms with van der Waals surface area (Å²) in [6.07, 6.45) is 2.95. The summed E-state index contributed by atoms with van der Waals surface area (Å²) in [4.78, 5) is 14.5. The second-order valence-electron chi connectivity index (χ2n) is 6.66. The van der Waals surface area contributed by atoms with Gasteiger partial charge in [0.15, 0.2) is 0 Å². The van der Waals surface area contributed by atoms with E-state index in [1.54, 1.807) is 0 Å². The molecule has 1 aliphatic heterocycles. The Morgan fingerprint density at radius 1 is 1.25 bits per heavy atom. The fraction of sp³-hybridized carbons (Fsp3) is 0.588. The number of carbonyl (C=O) groups is 1. The van der Waals surface area contributed by atoms with Crippen molar-refractivity contribution in [2.75, 3.05) is 32.9 Å². The fourth-order valence-corrected chi connectivity index (χ4v) is 3.51. The number of nitrogens with one attached hydrogen (secondary N) is 1. The number of aryl methyl sites for hydroxylation is 1. The molecule has 1 amide bonds. The van der Waals surface area contributed by atoms with E-state index in [9.17, 15) is 13.2 Å². The molecule has 0 bridgehead atoms. The summed E-state index contributed by atoms with van der Waals surface area (Å²) in [7, 11) is -1.39. The molecule has 1 saturated heterocycles. The molecule has 1 aromatic carbocycles. The summed E-state index contributed by atoms with van der Waals surface area (Å²) < 4.78 is 25.2. The molecule has 0 radical (unpaired) electrons. The third-order valence-electron chi connectivity index (χ3n) is 4.35. The Balaban J connectivity index is 1.95. The van der Waals surface area contributed by atoms with Crippen LogP contribution in [0.1, 0.15) is 24.0 Å². The first-order valence-electron chi connectivity index (χ1n) is 8.22. The first-order chi connectivity index (χ1) is 11.2. The van der Waals surface area contributed by atoms with Crippen LogP contribution in [0, 0.1) is 6.92 Å². The number of likely N-dealkylation sites (tertiary alicyclic amines) is 1. The predicted octanol–water partition coefficient (Wildman–Crippen LogP) is 0.967. The van der Waals surface area contributed by atoms with Gasteiger partial charge in [-0.25, -0.2) is 8.42 Å². The van der Waals surface area contributed by atoms with E-state index in [2.05, 4.69) is 17.3 Å². The molecule has 2 rings (SSSR count). The lowest BCUT2D eigenvalue weighted by Crippen LogP contribution is -2.47. The van der Waals surface area contributed by atoms with Gasteiger partial charge in [-0.1, -0.05) is 29.8 Å². The summed E-state index contributed by atoms with van der Waals surface area (Å²) in [6, 6.07) is 7.79. The van der Waals surface area contributed by atoms with Crippen molar-refractivity contribution in [2.45, 2.75) is 32.4 Å². The number of hydrogen-bond acceptors (Lipinski definition) is 4. The Morgan fingerprint density at radius 2 is 1.83 bits per heavy atom. The van der Waals surface area contributed by atoms with Crippen LogP contribution in [0.2, 0.25) is 0 Å². The van der Waals surface area contributed by atoms with E-state index in [0.29, 0.717) is 0 Å². The standard InChI is InChI=1S/C17H27N3O3S/c1-14-4-6-15(7-5-14)12-20(24(3,22)23)13-17(21)18-16-8-10-19(2)11-9-16/h4-7,16H,8-13H2,1-3H3,(H,18,21). The second-order valence-corrected chi connectivity index (χ2v) is 8.64. The molecule has 1 aromatic rings. The van der Waals surface area contributed by atoms with Gasteiger partial charge < -0.3 is 10.2 Å². The molecule has 0 spiro atoms. The van der Waals surface area contributed by atoms with Gasteiger partial charge in [0.1, 0.15) is 0 Å². The van der Waals surface area contributed by atoms with Crippen molar-refractivity contribution in [3.63, 3.8) is 0 Å². The molecule has 24 heavy (non-hydrogen) atoms. The molecule has 0 saturated carbocycles. The number of carbonyl (C=O) groups excluding carboxylic acids is 1. The van der Waals surface area contributed by atoms with Crippen molar-refractivity contribution in [1.29, 1.82) is 0 Å². The Labute approximate surface area is 144 Å². The minimum atomic E-state index is -3.45. The van der Waals surface area contributed by atoms with Crippen molar-refractivity contribution in [3.8, 4) is 0 Å². The van der Waals surface area contributed by atoms with Crippen molar-refractivity contribution >= 4 is 15.9 Å². The average Bonchev–Trinajstić information content (AvgIpc) is 2.50. The van der Waals surface area contributed by atoms with Gasteiger partial charge in [0.05, 0.1) is 12.8 Å². The van der Waals surface area contributed by atoms with Gasteiger partial charge in [0, 0.05) is 12.6 Å². The van der Waals surface area contributed by atoms with Crippen molar-refractivity contribution in [1.82, 2.24) is 14.5 Å². The third-order valence-corrected chi connectivity index (χ3v) is 5.55. The van der Waals surface area contributed by atoms with Gasteiger partial charge in [-0.15, -0.1) is 0 Å². The van der Waals surface area contributed by atoms with Crippen LogP contribution in [0.25, 0.3) is 0 Å². The molecule has 7 heteroatoms. The summed E-state index contributed by atoms with van der Waals surface area (Å²) >= 11 is 0. The van der Waals surface area contributed by atoms with E-state index < -0.39 is 10.0 Å². The number of hydrogen-bond donors (Lipinski definition) is 1. The molecule has 0 aliphatic carbocycles. The molecule has 1 aliphatic rings. The zero-order valence-corrected chi connectivity index (χ0v) is 15.5. The lowest BCUT2D eigenvalue weighted by molar-refractivity contribution is -0.122. The highest BCUT2D eigenvalue weighted by Crippen LogP contribution is 2.11. The van der Waals surface area contributed by atoms with Gasteiger partial charge in [0.2, 0.25) is 15.9 Å². The van der Waals surface area contributed by atoms with Crippen molar-refractivity contribution in [2.24, 2.45) is 0 Å². The topological polar surface area (TPSA) is 69.7 Å². The molecule has 1 heterocycles. The molecule has 1 fully saturated rings. The normalized spacial score (nSPS) is 17.2. The Hall–Kier alpha value is -1.44. The van der Waals surface area contributed by atoms with Crippen LogP contribution < -0.4 is 5.32 Å². The highest BCUT2D eigenvalue weighted by molar-refractivity contribution is 7.88. The van der Waals surface area contributed by atoms with Crippen LogP contribution >= 0.6 is 0 Å². The van der Waals surface area contributed by atoms with Gasteiger partial charge in [-0.05, 0) is 45.5 Å². The first-order valence-corrected chi connectivity index (χ1v) is 10.1. The zero-order chi connectivity index (χ0) is 17.7. The van der Waals surface area contributed by atoms with Crippen molar-refractivity contribution < 1.29 is 13.2 Å². The lowest BCUT2D eigenvalue weighted by atomic mass is 10.1. The molecule has 0 atom stereocenters. The molecule has 134 valence electrons. The molecular weight excluding hydrogens is 326 g/mol.